The monoisotopic (exact) mass is 287 g/mol. The van der Waals surface area contributed by atoms with E-state index in [4.69, 9.17) is 16.3 Å². The van der Waals surface area contributed by atoms with E-state index in [1.807, 2.05) is 6.07 Å². The van der Waals surface area contributed by atoms with Crippen molar-refractivity contribution in [2.24, 2.45) is 0 Å². The van der Waals surface area contributed by atoms with Crippen LogP contribution in [0.3, 0.4) is 0 Å². The summed E-state index contributed by atoms with van der Waals surface area (Å²) in [7, 11) is 0. The maximum absolute atomic E-state index is 11.8. The summed E-state index contributed by atoms with van der Waals surface area (Å²) in [6, 6.07) is 12.2. The lowest BCUT2D eigenvalue weighted by atomic mass is 10.2. The van der Waals surface area contributed by atoms with Crippen LogP contribution in [0.25, 0.3) is 11.2 Å². The van der Waals surface area contributed by atoms with Crippen LogP contribution in [0.15, 0.2) is 42.5 Å². The number of aromatic nitrogens is 3. The van der Waals surface area contributed by atoms with E-state index in [0.29, 0.717) is 22.2 Å². The third-order valence-electron chi connectivity index (χ3n) is 2.71. The summed E-state index contributed by atoms with van der Waals surface area (Å²) in [6.07, 6.45) is 0. The van der Waals surface area contributed by atoms with E-state index in [-0.39, 0.29) is 6.61 Å². The Morgan fingerprint density at radius 2 is 1.95 bits per heavy atom. The second kappa shape index (κ2) is 5.30. The molecule has 1 aromatic carbocycles. The summed E-state index contributed by atoms with van der Waals surface area (Å²) < 4.78 is 5.18. The van der Waals surface area contributed by atoms with E-state index >= 15 is 0 Å². The fourth-order valence-corrected chi connectivity index (χ4v) is 1.92. The van der Waals surface area contributed by atoms with Crippen molar-refractivity contribution >= 4 is 28.7 Å². The molecule has 0 radical (unpaired) electrons. The zero-order valence-electron chi connectivity index (χ0n) is 10.3. The Balaban J connectivity index is 1.72. The molecule has 100 valence electrons. The lowest BCUT2D eigenvalue weighted by molar-refractivity contribution is 0.0463. The van der Waals surface area contributed by atoms with Crippen LogP contribution in [0, 0.1) is 0 Å². The van der Waals surface area contributed by atoms with Crippen molar-refractivity contribution in [1.82, 2.24) is 15.0 Å². The summed E-state index contributed by atoms with van der Waals surface area (Å²) in [5.41, 5.74) is 1.76. The molecule has 0 aliphatic heterocycles. The minimum Gasteiger partial charge on any atom is -0.454 e. The van der Waals surface area contributed by atoms with Crippen molar-refractivity contribution in [3.63, 3.8) is 0 Å². The highest BCUT2D eigenvalue weighted by molar-refractivity contribution is 6.29. The van der Waals surface area contributed by atoms with E-state index in [2.05, 4.69) is 15.0 Å². The highest BCUT2D eigenvalue weighted by Crippen LogP contribution is 2.13. The molecule has 0 unspecified atom stereocenters. The van der Waals surface area contributed by atoms with E-state index in [9.17, 15) is 4.79 Å². The third-order valence-corrected chi connectivity index (χ3v) is 2.92. The van der Waals surface area contributed by atoms with Crippen molar-refractivity contribution in [3.8, 4) is 0 Å². The zero-order chi connectivity index (χ0) is 13.9. The quantitative estimate of drug-likeness (QED) is 0.594. The Kier molecular flexibility index (Phi) is 3.35. The normalized spacial score (nSPS) is 10.7. The average Bonchev–Trinajstić information content (AvgIpc) is 2.87. The van der Waals surface area contributed by atoms with Gasteiger partial charge in [-0.25, -0.2) is 14.8 Å². The lowest BCUT2D eigenvalue weighted by Crippen LogP contribution is -2.05. The summed E-state index contributed by atoms with van der Waals surface area (Å²) >= 11 is 5.79. The number of ether oxygens (including phenoxy) is 1. The Bertz CT molecular complexity index is 755. The van der Waals surface area contributed by atoms with Gasteiger partial charge in [0.25, 0.3) is 0 Å². The van der Waals surface area contributed by atoms with Crippen LogP contribution in [0.2, 0.25) is 5.15 Å². The molecule has 20 heavy (non-hydrogen) atoms. The number of carbonyl (C=O) groups is 1. The minimum absolute atomic E-state index is 0.0572. The molecule has 2 heterocycles. The topological polar surface area (TPSA) is 67.9 Å². The van der Waals surface area contributed by atoms with Crippen LogP contribution in [0.1, 0.15) is 16.2 Å². The van der Waals surface area contributed by atoms with E-state index in [1.165, 1.54) is 0 Å². The molecule has 2 aromatic heterocycles. The first-order chi connectivity index (χ1) is 9.72. The molecule has 0 amide bonds. The number of rotatable bonds is 3. The molecule has 0 spiro atoms. The van der Waals surface area contributed by atoms with Gasteiger partial charge in [-0.1, -0.05) is 29.8 Å². The number of aromatic amines is 1. The van der Waals surface area contributed by atoms with Gasteiger partial charge in [-0.3, -0.25) is 0 Å². The number of imidazole rings is 1. The number of pyridine rings is 1. The largest absolute Gasteiger partial charge is 0.454 e. The molecule has 3 rings (SSSR count). The summed E-state index contributed by atoms with van der Waals surface area (Å²) in [5, 5.41) is 0.372. The van der Waals surface area contributed by atoms with Gasteiger partial charge in [-0.15, -0.1) is 0 Å². The lowest BCUT2D eigenvalue weighted by Gasteiger charge is -2.01. The standard InChI is InChI=1S/C14H10ClN3O2/c15-11-7-6-10-13(17-11)18-12(16-10)8-20-14(19)9-4-2-1-3-5-9/h1-7H,8H2,(H,16,17,18). The van der Waals surface area contributed by atoms with Crippen molar-refractivity contribution in [2.75, 3.05) is 0 Å². The van der Waals surface area contributed by atoms with Gasteiger partial charge in [0.1, 0.15) is 17.6 Å². The fraction of sp³-hybridized carbons (Fsp3) is 0.0714. The molecule has 5 nitrogen and oxygen atoms in total. The Hall–Kier alpha value is -2.40. The predicted octanol–water partition coefficient (Wildman–Crippen LogP) is 2.97. The van der Waals surface area contributed by atoms with Crippen molar-refractivity contribution in [2.45, 2.75) is 6.61 Å². The first-order valence-electron chi connectivity index (χ1n) is 5.96. The molecule has 0 atom stereocenters. The number of benzene rings is 1. The molecule has 0 saturated carbocycles. The molecule has 0 aliphatic rings. The highest BCUT2D eigenvalue weighted by Gasteiger charge is 2.09. The smallest absolute Gasteiger partial charge is 0.338 e. The van der Waals surface area contributed by atoms with E-state index in [1.54, 1.807) is 36.4 Å². The van der Waals surface area contributed by atoms with Gasteiger partial charge < -0.3 is 9.72 Å². The van der Waals surface area contributed by atoms with Gasteiger partial charge >= 0.3 is 5.97 Å². The van der Waals surface area contributed by atoms with Crippen LogP contribution >= 0.6 is 11.6 Å². The van der Waals surface area contributed by atoms with Gasteiger partial charge in [0.2, 0.25) is 0 Å². The molecular formula is C14H10ClN3O2. The van der Waals surface area contributed by atoms with Crippen LogP contribution in [0.5, 0.6) is 0 Å². The minimum atomic E-state index is -0.392. The molecule has 0 fully saturated rings. The molecule has 0 bridgehead atoms. The number of halogens is 1. The molecule has 0 aliphatic carbocycles. The predicted molar refractivity (Wildman–Crippen MR) is 74.5 cm³/mol. The summed E-state index contributed by atoms with van der Waals surface area (Å²) in [6.45, 7) is 0.0572. The van der Waals surface area contributed by atoms with Crippen LogP contribution < -0.4 is 0 Å². The third kappa shape index (κ3) is 2.62. The summed E-state index contributed by atoms with van der Waals surface area (Å²) in [5.74, 6) is 0.135. The van der Waals surface area contributed by atoms with Gasteiger partial charge in [0.05, 0.1) is 11.1 Å². The molecule has 6 heteroatoms. The molecular weight excluding hydrogens is 278 g/mol. The zero-order valence-corrected chi connectivity index (χ0v) is 11.1. The van der Waals surface area contributed by atoms with Gasteiger partial charge in [-0.2, -0.15) is 0 Å². The highest BCUT2D eigenvalue weighted by atomic mass is 35.5. The Labute approximate surface area is 119 Å². The number of hydrogen-bond donors (Lipinski definition) is 1. The Morgan fingerprint density at radius 3 is 2.75 bits per heavy atom. The second-order valence-electron chi connectivity index (χ2n) is 4.13. The maximum Gasteiger partial charge on any atom is 0.338 e. The van der Waals surface area contributed by atoms with Crippen LogP contribution in [-0.2, 0) is 11.3 Å². The fourth-order valence-electron chi connectivity index (χ4n) is 1.78. The van der Waals surface area contributed by atoms with Crippen molar-refractivity contribution in [1.29, 1.82) is 0 Å². The number of H-pyrrole nitrogens is 1. The van der Waals surface area contributed by atoms with Crippen molar-refractivity contribution < 1.29 is 9.53 Å². The first-order valence-corrected chi connectivity index (χ1v) is 6.33. The average molecular weight is 288 g/mol. The van der Waals surface area contributed by atoms with E-state index < -0.39 is 5.97 Å². The number of fused-ring (bicyclic) bond motifs is 1. The van der Waals surface area contributed by atoms with Crippen LogP contribution in [0.4, 0.5) is 0 Å². The number of hydrogen-bond acceptors (Lipinski definition) is 4. The number of nitrogens with one attached hydrogen (secondary N) is 1. The van der Waals surface area contributed by atoms with Gasteiger partial charge in [0.15, 0.2) is 5.65 Å². The van der Waals surface area contributed by atoms with Gasteiger partial charge in [0, 0.05) is 0 Å². The van der Waals surface area contributed by atoms with Gasteiger partial charge in [-0.05, 0) is 24.3 Å². The first kappa shape index (κ1) is 12.6. The second-order valence-corrected chi connectivity index (χ2v) is 4.52. The number of esters is 1. The number of nitrogens with zero attached hydrogens (tertiary/aromatic N) is 2. The SMILES string of the molecule is O=C(OCc1nc2nc(Cl)ccc2[nH]1)c1ccccc1. The van der Waals surface area contributed by atoms with E-state index in [0.717, 1.165) is 5.52 Å². The van der Waals surface area contributed by atoms with Crippen LogP contribution in [-0.4, -0.2) is 20.9 Å². The number of carbonyl (C=O) groups excluding carboxylic acids is 1. The van der Waals surface area contributed by atoms with Crippen molar-refractivity contribution in [3.05, 3.63) is 59.0 Å². The summed E-state index contributed by atoms with van der Waals surface area (Å²) in [4.78, 5) is 23.1. The Morgan fingerprint density at radius 1 is 1.15 bits per heavy atom. The molecule has 1 N–H and O–H groups in total. The molecule has 0 saturated heterocycles. The molecule has 3 aromatic rings. The maximum atomic E-state index is 11.8.